The minimum absolute atomic E-state index is 0.179. The molecule has 7 heteroatoms. The number of hydrogen-bond donors (Lipinski definition) is 1. The first-order valence-electron chi connectivity index (χ1n) is 12.4. The number of nitrogens with zero attached hydrogens (tertiary/aromatic N) is 3. The third kappa shape index (κ3) is 5.34. The molecule has 0 fully saturated rings. The molecule has 0 radical (unpaired) electrons. The summed E-state index contributed by atoms with van der Waals surface area (Å²) in [6.45, 7) is 6.84. The lowest BCUT2D eigenvalue weighted by Gasteiger charge is -2.31. The molecule has 0 saturated heterocycles. The average molecular weight is 485 g/mol. The number of fused-ring (bicyclic) bond motifs is 2. The van der Waals surface area contributed by atoms with Crippen molar-refractivity contribution >= 4 is 11.6 Å². The van der Waals surface area contributed by atoms with Gasteiger partial charge in [-0.2, -0.15) is 5.26 Å². The van der Waals surface area contributed by atoms with Crippen LogP contribution in [0.2, 0.25) is 0 Å². The van der Waals surface area contributed by atoms with Crippen LogP contribution in [-0.4, -0.2) is 31.2 Å². The van der Waals surface area contributed by atoms with Crippen molar-refractivity contribution in [2.24, 2.45) is 0 Å². The second-order valence-electron chi connectivity index (χ2n) is 8.58. The molecular weight excluding hydrogens is 452 g/mol. The number of pyridine rings is 1. The highest BCUT2D eigenvalue weighted by molar-refractivity contribution is 5.94. The molecule has 36 heavy (non-hydrogen) atoms. The molecule has 186 valence electrons. The Labute approximate surface area is 212 Å². The largest absolute Gasteiger partial charge is 0.495 e. The van der Waals surface area contributed by atoms with Crippen LogP contribution in [0.5, 0.6) is 5.75 Å². The Kier molecular flexibility index (Phi) is 8.19. The zero-order valence-electron chi connectivity index (χ0n) is 21.1. The number of nitrogens with one attached hydrogen (secondary N) is 1. The standard InChI is InChI=1S/C27H26N4O3.C2H6/c1-33-26-5-3-2-4-25(26)31-9-8-19-13-29-23(10-21(19)15-31)14-30-27(32)18-6-7-20-16-34-17-22(12-28)24(20)11-18;1-2/h2-7,10-11,13,22H,8-9,14-17H2,1H3,(H,30,32);1-2H3. The van der Waals surface area contributed by atoms with Crippen molar-refractivity contribution in [3.8, 4) is 11.8 Å². The molecule has 1 N–H and O–H groups in total. The van der Waals surface area contributed by atoms with Crippen LogP contribution in [-0.2, 0) is 30.9 Å². The maximum atomic E-state index is 12.8. The third-order valence-electron chi connectivity index (χ3n) is 6.49. The van der Waals surface area contributed by atoms with Gasteiger partial charge in [0.15, 0.2) is 0 Å². The maximum absolute atomic E-state index is 12.8. The molecule has 0 aliphatic carbocycles. The number of ether oxygens (including phenoxy) is 2. The van der Waals surface area contributed by atoms with E-state index in [4.69, 9.17) is 9.47 Å². The fraction of sp³-hybridized carbons (Fsp3) is 0.345. The Morgan fingerprint density at radius 3 is 2.83 bits per heavy atom. The van der Waals surface area contributed by atoms with E-state index >= 15 is 0 Å². The molecule has 1 unspecified atom stereocenters. The van der Waals surface area contributed by atoms with Gasteiger partial charge in [-0.15, -0.1) is 0 Å². The van der Waals surface area contributed by atoms with Gasteiger partial charge in [-0.3, -0.25) is 9.78 Å². The fourth-order valence-electron chi connectivity index (χ4n) is 4.63. The summed E-state index contributed by atoms with van der Waals surface area (Å²) in [4.78, 5) is 19.7. The van der Waals surface area contributed by atoms with Gasteiger partial charge in [-0.05, 0) is 59.0 Å². The summed E-state index contributed by atoms with van der Waals surface area (Å²) in [5.41, 5.74) is 6.73. The number of anilines is 1. The van der Waals surface area contributed by atoms with Gasteiger partial charge in [0, 0.05) is 24.8 Å². The predicted molar refractivity (Wildman–Crippen MR) is 139 cm³/mol. The van der Waals surface area contributed by atoms with Crippen LogP contribution >= 0.6 is 0 Å². The van der Waals surface area contributed by atoms with Gasteiger partial charge in [0.2, 0.25) is 0 Å². The smallest absolute Gasteiger partial charge is 0.251 e. The number of nitriles is 1. The number of carbonyl (C=O) groups is 1. The highest BCUT2D eigenvalue weighted by atomic mass is 16.5. The maximum Gasteiger partial charge on any atom is 0.251 e. The van der Waals surface area contributed by atoms with Gasteiger partial charge in [-0.25, -0.2) is 0 Å². The Balaban J connectivity index is 0.00000148. The molecule has 5 rings (SSSR count). The van der Waals surface area contributed by atoms with Crippen LogP contribution in [0.4, 0.5) is 5.69 Å². The summed E-state index contributed by atoms with van der Waals surface area (Å²) < 4.78 is 11.0. The van der Waals surface area contributed by atoms with E-state index in [1.54, 1.807) is 13.2 Å². The number of aromatic nitrogens is 1. The van der Waals surface area contributed by atoms with E-state index < -0.39 is 0 Å². The van der Waals surface area contributed by atoms with E-state index in [2.05, 4.69) is 33.4 Å². The van der Waals surface area contributed by atoms with E-state index in [1.165, 1.54) is 11.1 Å². The second-order valence-corrected chi connectivity index (χ2v) is 8.58. The zero-order valence-corrected chi connectivity index (χ0v) is 21.1. The monoisotopic (exact) mass is 484 g/mol. The fourth-order valence-corrected chi connectivity index (χ4v) is 4.63. The summed E-state index contributed by atoms with van der Waals surface area (Å²) in [5, 5.41) is 12.4. The Bertz CT molecular complexity index is 1270. The molecule has 0 saturated carbocycles. The third-order valence-corrected chi connectivity index (χ3v) is 6.49. The Morgan fingerprint density at radius 1 is 1.19 bits per heavy atom. The summed E-state index contributed by atoms with van der Waals surface area (Å²) in [7, 11) is 1.69. The summed E-state index contributed by atoms with van der Waals surface area (Å²) in [6, 6.07) is 17.8. The van der Waals surface area contributed by atoms with Crippen LogP contribution in [0.3, 0.4) is 0 Å². The van der Waals surface area contributed by atoms with Gasteiger partial charge in [0.25, 0.3) is 5.91 Å². The van der Waals surface area contributed by atoms with Crippen molar-refractivity contribution in [1.82, 2.24) is 10.3 Å². The van der Waals surface area contributed by atoms with E-state index in [9.17, 15) is 10.1 Å². The van der Waals surface area contributed by atoms with Gasteiger partial charge >= 0.3 is 0 Å². The first kappa shape index (κ1) is 25.2. The average Bonchev–Trinajstić information content (AvgIpc) is 2.95. The molecule has 0 bridgehead atoms. The van der Waals surface area contributed by atoms with Crippen molar-refractivity contribution in [3.05, 3.63) is 88.2 Å². The molecule has 1 aromatic heterocycles. The minimum atomic E-state index is -0.343. The van der Waals surface area contributed by atoms with E-state index in [1.807, 2.05) is 50.4 Å². The predicted octanol–water partition coefficient (Wildman–Crippen LogP) is 4.75. The second kappa shape index (κ2) is 11.7. The lowest BCUT2D eigenvalue weighted by atomic mass is 9.92. The molecular formula is C29H32N4O3. The molecule has 3 aromatic rings. The number of para-hydroxylation sites is 2. The summed E-state index contributed by atoms with van der Waals surface area (Å²) in [5.74, 6) is 0.342. The number of methoxy groups -OCH3 is 1. The SMILES string of the molecule is CC.COc1ccccc1N1CCc2cnc(CNC(=O)c3ccc4c(c3)C(C#N)COC4)cc2C1. The number of rotatable bonds is 5. The molecule has 7 nitrogen and oxygen atoms in total. The molecule has 2 aromatic carbocycles. The number of benzene rings is 2. The Morgan fingerprint density at radius 2 is 2.03 bits per heavy atom. The van der Waals surface area contributed by atoms with Crippen LogP contribution < -0.4 is 15.0 Å². The molecule has 2 aliphatic heterocycles. The first-order valence-corrected chi connectivity index (χ1v) is 12.4. The van der Waals surface area contributed by atoms with Crippen molar-refractivity contribution < 1.29 is 14.3 Å². The molecule has 1 amide bonds. The lowest BCUT2D eigenvalue weighted by molar-refractivity contribution is 0.0945. The summed E-state index contributed by atoms with van der Waals surface area (Å²) in [6.07, 6.45) is 2.83. The molecule has 0 spiro atoms. The van der Waals surface area contributed by atoms with Gasteiger partial charge in [0.1, 0.15) is 5.75 Å². The van der Waals surface area contributed by atoms with Crippen molar-refractivity contribution in [2.75, 3.05) is 25.2 Å². The number of amides is 1. The van der Waals surface area contributed by atoms with Crippen molar-refractivity contribution in [2.45, 2.75) is 45.9 Å². The van der Waals surface area contributed by atoms with Gasteiger partial charge in [0.05, 0.1) is 50.2 Å². The topological polar surface area (TPSA) is 87.5 Å². The minimum Gasteiger partial charge on any atom is -0.495 e. The zero-order chi connectivity index (χ0) is 25.5. The van der Waals surface area contributed by atoms with E-state index in [-0.39, 0.29) is 11.8 Å². The van der Waals surface area contributed by atoms with Crippen LogP contribution in [0, 0.1) is 11.3 Å². The molecule has 3 heterocycles. The lowest BCUT2D eigenvalue weighted by Crippen LogP contribution is -2.31. The number of carbonyl (C=O) groups excluding carboxylic acids is 1. The van der Waals surface area contributed by atoms with Crippen LogP contribution in [0.1, 0.15) is 58.1 Å². The van der Waals surface area contributed by atoms with Gasteiger partial charge in [-0.1, -0.05) is 32.0 Å². The summed E-state index contributed by atoms with van der Waals surface area (Å²) >= 11 is 0. The van der Waals surface area contributed by atoms with Crippen molar-refractivity contribution in [3.63, 3.8) is 0 Å². The van der Waals surface area contributed by atoms with Crippen LogP contribution in [0.15, 0.2) is 54.7 Å². The first-order chi connectivity index (χ1) is 17.7. The highest BCUT2D eigenvalue weighted by Crippen LogP contribution is 2.32. The van der Waals surface area contributed by atoms with Gasteiger partial charge < -0.3 is 19.7 Å². The molecule has 2 aliphatic rings. The van der Waals surface area contributed by atoms with E-state index in [0.717, 1.165) is 47.8 Å². The highest BCUT2D eigenvalue weighted by Gasteiger charge is 2.23. The quantitative estimate of drug-likeness (QED) is 0.563. The molecule has 1 atom stereocenters. The van der Waals surface area contributed by atoms with Crippen molar-refractivity contribution in [1.29, 1.82) is 5.26 Å². The number of hydrogen-bond acceptors (Lipinski definition) is 6. The Hall–Kier alpha value is -3.89. The normalized spacial score (nSPS) is 15.9. The van der Waals surface area contributed by atoms with Crippen LogP contribution in [0.25, 0.3) is 0 Å². The van der Waals surface area contributed by atoms with E-state index in [0.29, 0.717) is 25.3 Å².